The van der Waals surface area contributed by atoms with Crippen molar-refractivity contribution in [3.05, 3.63) is 89.1 Å². The SMILES string of the molecule is CCN1CCN(c2ncc(C(=O)NCCS(=O)(=O)c3ccc(C(=O)N4CCOc5ccc(-c6ccc(N)nc6)cc5C4)c(C)c3F)cn2)CC1. The normalized spacial score (nSPS) is 15.2. The van der Waals surface area contributed by atoms with Gasteiger partial charge in [-0.3, -0.25) is 9.59 Å². The van der Waals surface area contributed by atoms with E-state index in [0.29, 0.717) is 17.5 Å². The highest BCUT2D eigenvalue weighted by molar-refractivity contribution is 7.91. The molecule has 6 rings (SSSR count). The molecule has 0 spiro atoms. The van der Waals surface area contributed by atoms with Gasteiger partial charge in [-0.1, -0.05) is 13.0 Å². The molecule has 1 fully saturated rings. The second-order valence-corrected chi connectivity index (χ2v) is 14.3. The first-order valence-corrected chi connectivity index (χ1v) is 18.1. The number of ether oxygens (including phenoxy) is 1. The molecule has 2 aromatic heterocycles. The Bertz CT molecular complexity index is 1990. The number of nitrogens with zero attached hydrogens (tertiary/aromatic N) is 6. The van der Waals surface area contributed by atoms with Crippen molar-refractivity contribution in [1.29, 1.82) is 0 Å². The summed E-state index contributed by atoms with van der Waals surface area (Å²) in [6.45, 7) is 8.29. The number of nitrogens with two attached hydrogens (primary N) is 1. The highest BCUT2D eigenvalue weighted by Gasteiger charge is 2.28. The zero-order valence-corrected chi connectivity index (χ0v) is 28.7. The number of halogens is 1. The summed E-state index contributed by atoms with van der Waals surface area (Å²) in [5.74, 6) is -0.978. The second kappa shape index (κ2) is 14.8. The number of anilines is 2. The summed E-state index contributed by atoms with van der Waals surface area (Å²) in [5, 5.41) is 2.55. The fourth-order valence-electron chi connectivity index (χ4n) is 6.00. The lowest BCUT2D eigenvalue weighted by Gasteiger charge is -2.33. The lowest BCUT2D eigenvalue weighted by atomic mass is 10.0. The Morgan fingerprint density at radius 1 is 0.960 bits per heavy atom. The van der Waals surface area contributed by atoms with E-state index in [1.807, 2.05) is 29.2 Å². The predicted octanol–water partition coefficient (Wildman–Crippen LogP) is 2.95. The van der Waals surface area contributed by atoms with Crippen molar-refractivity contribution in [1.82, 2.24) is 30.1 Å². The molecule has 50 heavy (non-hydrogen) atoms. The van der Waals surface area contributed by atoms with E-state index in [-0.39, 0.29) is 42.9 Å². The van der Waals surface area contributed by atoms with E-state index in [1.165, 1.54) is 25.4 Å². The molecule has 0 atom stereocenters. The Balaban J connectivity index is 1.08. The third-order valence-corrected chi connectivity index (χ3v) is 10.7. The van der Waals surface area contributed by atoms with Crippen LogP contribution in [0.2, 0.25) is 0 Å². The fourth-order valence-corrected chi connectivity index (χ4v) is 7.29. The average Bonchev–Trinajstić information content (AvgIpc) is 3.35. The van der Waals surface area contributed by atoms with Crippen molar-refractivity contribution in [2.24, 2.45) is 0 Å². The number of carbonyl (C=O) groups excluding carboxylic acids is 2. The molecule has 2 aromatic carbocycles. The molecule has 0 unspecified atom stereocenters. The van der Waals surface area contributed by atoms with Gasteiger partial charge < -0.3 is 30.5 Å². The van der Waals surface area contributed by atoms with Gasteiger partial charge in [0, 0.05) is 74.5 Å². The van der Waals surface area contributed by atoms with E-state index in [2.05, 4.69) is 32.1 Å². The Kier molecular flexibility index (Phi) is 10.2. The number of nitrogens with one attached hydrogen (secondary N) is 1. The van der Waals surface area contributed by atoms with Gasteiger partial charge in [-0.05, 0) is 61.0 Å². The van der Waals surface area contributed by atoms with Crippen LogP contribution in [-0.4, -0.2) is 103 Å². The summed E-state index contributed by atoms with van der Waals surface area (Å²) in [7, 11) is -4.16. The number of hydrogen-bond donors (Lipinski definition) is 2. The van der Waals surface area contributed by atoms with Crippen molar-refractivity contribution < 1.29 is 27.1 Å². The van der Waals surface area contributed by atoms with Crippen LogP contribution in [0.4, 0.5) is 16.2 Å². The van der Waals surface area contributed by atoms with Crippen LogP contribution in [0.15, 0.2) is 66.0 Å². The van der Waals surface area contributed by atoms with E-state index in [9.17, 15) is 18.0 Å². The minimum atomic E-state index is -4.16. The summed E-state index contributed by atoms with van der Waals surface area (Å²) < 4.78 is 47.9. The lowest BCUT2D eigenvalue weighted by Crippen LogP contribution is -2.46. The Labute approximate surface area is 290 Å². The smallest absolute Gasteiger partial charge is 0.254 e. The van der Waals surface area contributed by atoms with E-state index in [0.717, 1.165) is 55.5 Å². The molecule has 15 heteroatoms. The number of aromatic nitrogens is 3. The van der Waals surface area contributed by atoms with Crippen molar-refractivity contribution >= 4 is 33.4 Å². The summed E-state index contributed by atoms with van der Waals surface area (Å²) >= 11 is 0. The molecule has 1 saturated heterocycles. The predicted molar refractivity (Wildman–Crippen MR) is 186 cm³/mol. The molecule has 262 valence electrons. The Morgan fingerprint density at radius 3 is 2.40 bits per heavy atom. The average molecular weight is 703 g/mol. The molecule has 0 bridgehead atoms. The molecule has 0 saturated carbocycles. The number of likely N-dealkylation sites (N-methyl/N-ethyl adjacent to an activating group) is 1. The number of nitrogen functional groups attached to an aromatic ring is 1. The van der Waals surface area contributed by atoms with Gasteiger partial charge in [0.15, 0.2) is 9.84 Å². The van der Waals surface area contributed by atoms with Crippen LogP contribution in [-0.2, 0) is 16.4 Å². The van der Waals surface area contributed by atoms with Gasteiger partial charge in [-0.2, -0.15) is 0 Å². The first-order chi connectivity index (χ1) is 24.0. The molecule has 13 nitrogen and oxygen atoms in total. The molecular formula is C35H39FN8O5S. The van der Waals surface area contributed by atoms with Gasteiger partial charge in [0.25, 0.3) is 11.8 Å². The van der Waals surface area contributed by atoms with Crippen LogP contribution >= 0.6 is 0 Å². The van der Waals surface area contributed by atoms with Crippen molar-refractivity contribution in [2.45, 2.75) is 25.3 Å². The van der Waals surface area contributed by atoms with E-state index in [4.69, 9.17) is 10.5 Å². The van der Waals surface area contributed by atoms with Crippen LogP contribution in [0.5, 0.6) is 5.75 Å². The number of hydrogen-bond acceptors (Lipinski definition) is 11. The van der Waals surface area contributed by atoms with Gasteiger partial charge in [0.1, 0.15) is 28.9 Å². The van der Waals surface area contributed by atoms with Crippen LogP contribution in [0, 0.1) is 12.7 Å². The highest BCUT2D eigenvalue weighted by Crippen LogP contribution is 2.31. The zero-order valence-electron chi connectivity index (χ0n) is 27.9. The topological polar surface area (TPSA) is 164 Å². The maximum atomic E-state index is 15.7. The number of rotatable bonds is 9. The van der Waals surface area contributed by atoms with E-state index < -0.39 is 38.1 Å². The van der Waals surface area contributed by atoms with Gasteiger partial charge in [-0.15, -0.1) is 0 Å². The maximum Gasteiger partial charge on any atom is 0.254 e. The van der Waals surface area contributed by atoms with Gasteiger partial charge in [0.05, 0.1) is 17.9 Å². The molecule has 3 N–H and O–H groups in total. The fraction of sp³-hybridized carbons (Fsp3) is 0.343. The Morgan fingerprint density at radius 2 is 1.70 bits per heavy atom. The zero-order chi connectivity index (χ0) is 35.4. The molecule has 2 aliphatic rings. The van der Waals surface area contributed by atoms with Crippen molar-refractivity contribution in [3.63, 3.8) is 0 Å². The molecule has 2 aliphatic heterocycles. The van der Waals surface area contributed by atoms with Gasteiger partial charge >= 0.3 is 0 Å². The maximum absolute atomic E-state index is 15.7. The summed E-state index contributed by atoms with van der Waals surface area (Å²) in [5.41, 5.74) is 8.35. The number of carbonyl (C=O) groups is 2. The molecular weight excluding hydrogens is 664 g/mol. The third-order valence-electron chi connectivity index (χ3n) is 9.02. The number of sulfone groups is 1. The van der Waals surface area contributed by atoms with Crippen LogP contribution in [0.25, 0.3) is 11.1 Å². The van der Waals surface area contributed by atoms with E-state index in [1.54, 1.807) is 17.2 Å². The van der Waals surface area contributed by atoms with E-state index >= 15 is 4.39 Å². The summed E-state index contributed by atoms with van der Waals surface area (Å²) in [6.07, 6.45) is 4.47. The number of amides is 2. The number of piperazine rings is 1. The molecule has 0 aliphatic carbocycles. The van der Waals surface area contributed by atoms with Gasteiger partial charge in [0.2, 0.25) is 5.95 Å². The summed E-state index contributed by atoms with van der Waals surface area (Å²) in [4.78, 5) is 44.5. The molecule has 2 amide bonds. The first kappa shape index (κ1) is 34.7. The van der Waals surface area contributed by atoms with Crippen molar-refractivity contribution in [2.75, 3.05) is 68.8 Å². The number of benzene rings is 2. The second-order valence-electron chi connectivity index (χ2n) is 12.2. The largest absolute Gasteiger partial charge is 0.491 e. The van der Waals surface area contributed by atoms with Crippen LogP contribution < -0.4 is 20.7 Å². The highest BCUT2D eigenvalue weighted by atomic mass is 32.2. The number of fused-ring (bicyclic) bond motifs is 1. The quantitative estimate of drug-likeness (QED) is 0.264. The molecule has 0 radical (unpaired) electrons. The minimum absolute atomic E-state index is 0.0489. The monoisotopic (exact) mass is 702 g/mol. The van der Waals surface area contributed by atoms with Gasteiger partial charge in [-0.25, -0.2) is 27.8 Å². The third kappa shape index (κ3) is 7.53. The lowest BCUT2D eigenvalue weighted by molar-refractivity contribution is 0.0731. The Hall–Kier alpha value is -5.15. The van der Waals surface area contributed by atoms with Crippen LogP contribution in [0.1, 0.15) is 38.8 Å². The minimum Gasteiger partial charge on any atom is -0.491 e. The standard InChI is InChI=1S/C35H39FN8O5S/c1-3-42-11-13-43(14-12-42)35-40-20-27(21-41-35)33(45)38-10-17-50(47,48)30-8-6-28(23(2)32(30)36)34(46)44-15-16-49-29-7-4-24(18-26(29)22-44)25-5-9-31(37)39-19-25/h4-9,18-21H,3,10-17,22H2,1-2H3,(H2,37,39)(H,38,45). The van der Waals surface area contributed by atoms with Crippen LogP contribution in [0.3, 0.4) is 0 Å². The first-order valence-electron chi connectivity index (χ1n) is 16.4. The molecule has 4 aromatic rings. The molecule has 4 heterocycles. The summed E-state index contributed by atoms with van der Waals surface area (Å²) in [6, 6.07) is 11.6. The van der Waals surface area contributed by atoms with Crippen molar-refractivity contribution in [3.8, 4) is 16.9 Å². The number of pyridine rings is 1.